The van der Waals surface area contributed by atoms with E-state index in [2.05, 4.69) is 60.7 Å². The van der Waals surface area contributed by atoms with E-state index in [-0.39, 0.29) is 36.1 Å². The van der Waals surface area contributed by atoms with Gasteiger partial charge in [0.1, 0.15) is 43.3 Å². The summed E-state index contributed by atoms with van der Waals surface area (Å²) in [4.78, 5) is 68.5. The summed E-state index contributed by atoms with van der Waals surface area (Å²) < 4.78 is 122. The third-order valence-electron chi connectivity index (χ3n) is 26.3. The number of quaternary nitrogens is 3. The zero-order valence-corrected chi connectivity index (χ0v) is 68.9. The van der Waals surface area contributed by atoms with Gasteiger partial charge < -0.3 is 77.4 Å². The predicted octanol–water partition coefficient (Wildman–Crippen LogP) is 12.4. The van der Waals surface area contributed by atoms with E-state index in [0.29, 0.717) is 41.1 Å². The highest BCUT2D eigenvalue weighted by Gasteiger charge is 2.57. The summed E-state index contributed by atoms with van der Waals surface area (Å²) in [5, 5.41) is 61.8. The van der Waals surface area contributed by atoms with Gasteiger partial charge in [-0.25, -0.2) is 14.4 Å². The first-order chi connectivity index (χ1) is 57.6. The summed E-state index contributed by atoms with van der Waals surface area (Å²) >= 11 is 1.93. The number of carbonyl (C=O) groups is 6. The normalized spacial score (nSPS) is 25.8. The Kier molecular flexibility index (Phi) is 33.4. The zero-order valence-electron chi connectivity index (χ0n) is 68.1. The Morgan fingerprint density at radius 2 is 0.628 bits per heavy atom. The van der Waals surface area contributed by atoms with Gasteiger partial charge in [0.15, 0.2) is 35.1 Å². The number of nitrogens with zero attached hydrogens (tertiary/aromatic N) is 3. The molecule has 0 amide bonds. The lowest BCUT2D eigenvalue weighted by molar-refractivity contribution is -0.946. The van der Waals surface area contributed by atoms with E-state index in [1.165, 1.54) is 43.1 Å². The molecule has 6 aromatic rings. The molecule has 18 rings (SSSR count). The van der Waals surface area contributed by atoms with E-state index < -0.39 is 71.1 Å². The predicted molar refractivity (Wildman–Crippen MR) is 426 cm³/mol. The van der Waals surface area contributed by atoms with Crippen molar-refractivity contribution in [1.29, 1.82) is 0 Å². The van der Waals surface area contributed by atoms with Crippen LogP contribution in [0.2, 0.25) is 0 Å². The van der Waals surface area contributed by atoms with Crippen LogP contribution in [0.25, 0.3) is 0 Å². The van der Waals surface area contributed by atoms with Crippen LogP contribution >= 0.6 is 11.8 Å². The Balaban J connectivity index is 0.000000170. The molecule has 3 saturated carbocycles. The van der Waals surface area contributed by atoms with Crippen LogP contribution in [0, 0.1) is 35.5 Å². The number of aliphatic carboxylic acids is 3. The molecule has 12 fully saturated rings. The van der Waals surface area contributed by atoms with Crippen molar-refractivity contribution < 1.29 is 131 Å². The van der Waals surface area contributed by atoms with Gasteiger partial charge in [-0.1, -0.05) is 196 Å². The van der Waals surface area contributed by atoms with E-state index in [9.17, 15) is 69.2 Å². The molecule has 9 aliphatic heterocycles. The van der Waals surface area contributed by atoms with Crippen LogP contribution in [0.5, 0.6) is 5.75 Å². The Labute approximate surface area is 705 Å². The van der Waals surface area contributed by atoms with Crippen LogP contribution in [0.15, 0.2) is 187 Å². The molecule has 660 valence electrons. The van der Waals surface area contributed by atoms with Crippen LogP contribution in [0.4, 0.5) is 39.5 Å². The quantitative estimate of drug-likeness (QED) is 0.0120. The van der Waals surface area contributed by atoms with Crippen molar-refractivity contribution in [2.75, 3.05) is 90.9 Å². The molecule has 6 bridgehead atoms. The van der Waals surface area contributed by atoms with E-state index in [4.69, 9.17) is 48.7 Å². The highest BCUT2D eigenvalue weighted by atomic mass is 32.2. The van der Waals surface area contributed by atoms with E-state index >= 15 is 0 Å². The smallest absolute Gasteiger partial charge is 0.430 e. The van der Waals surface area contributed by atoms with Crippen molar-refractivity contribution in [1.82, 2.24) is 0 Å². The van der Waals surface area contributed by atoms with Gasteiger partial charge in [-0.2, -0.15) is 39.5 Å². The molecule has 6 atom stereocenters. The Morgan fingerprint density at radius 3 is 0.926 bits per heavy atom. The molecule has 0 spiro atoms. The van der Waals surface area contributed by atoms with Crippen molar-refractivity contribution in [3.8, 4) is 5.75 Å². The molecule has 19 nitrogen and oxygen atoms in total. The van der Waals surface area contributed by atoms with Gasteiger partial charge in [0.2, 0.25) is 0 Å². The third-order valence-corrected chi connectivity index (χ3v) is 27.4. The number of ether oxygens (including phenoxy) is 4. The van der Waals surface area contributed by atoms with Crippen LogP contribution in [0.3, 0.4) is 0 Å². The minimum atomic E-state index is -5.19. The molecule has 29 heteroatoms. The molecule has 6 aromatic carbocycles. The third kappa shape index (κ3) is 25.3. The van der Waals surface area contributed by atoms with Gasteiger partial charge in [0.25, 0.3) is 0 Å². The fraction of sp³-hybridized carbons (Fsp3) is 0.543. The SMILES string of the molecule is O=C(O[C@H]1C[N+]2(CCCOc3ccccc3)CCC1CC2)[C@@](O)(c1ccccc1)C1CCCC1.O=C(O[C@H]1C[N+]2(CCCSc3ccccc3)CCC1CC2)[C@@](O)(c1ccccc1)C1CCCC1.O=C(O[C@H]1C[N+]2(CCc3ccccc3)CCC1CC2)[C@@](O)(c1ccccc1)C1CCCC1.O=C([O-])C(F)(F)F.O=C([O-])C(F)(F)F.O=C([O-])C(F)(F)F. The Bertz CT molecular complexity index is 4010. The van der Waals surface area contributed by atoms with Gasteiger partial charge in [0.05, 0.1) is 65.5 Å². The molecule has 121 heavy (non-hydrogen) atoms. The van der Waals surface area contributed by atoms with Crippen molar-refractivity contribution in [2.45, 2.75) is 193 Å². The average molecular weight is 1720 g/mol. The van der Waals surface area contributed by atoms with E-state index in [1.54, 1.807) is 0 Å². The van der Waals surface area contributed by atoms with Crippen LogP contribution in [-0.4, -0.2) is 192 Å². The van der Waals surface area contributed by atoms with Crippen molar-refractivity contribution in [3.63, 3.8) is 0 Å². The molecule has 12 aliphatic rings. The highest BCUT2D eigenvalue weighted by molar-refractivity contribution is 7.99. The zero-order chi connectivity index (χ0) is 87.1. The number of para-hydroxylation sites is 1. The summed E-state index contributed by atoms with van der Waals surface area (Å²) in [5.41, 5.74) is -1.17. The van der Waals surface area contributed by atoms with E-state index in [0.717, 1.165) is 206 Å². The maximum absolute atomic E-state index is 13.6. The lowest BCUT2D eigenvalue weighted by atomic mass is 9.79. The minimum absolute atomic E-state index is 0.0540. The highest BCUT2D eigenvalue weighted by Crippen LogP contribution is 2.48. The van der Waals surface area contributed by atoms with Crippen LogP contribution in [-0.2, 0) is 66.2 Å². The number of carboxylic acids is 3. The Morgan fingerprint density at radius 1 is 0.364 bits per heavy atom. The van der Waals surface area contributed by atoms with Gasteiger partial charge in [-0.05, 0) is 85.0 Å². The number of hydrogen-bond acceptors (Lipinski definition) is 17. The van der Waals surface area contributed by atoms with Crippen LogP contribution < -0.4 is 20.1 Å². The standard InChI is InChI=1S/C29H38NO4.C29H38NO3S.C28H36NO3.3C2HF3O2/c31-28(29(32,25-12-7-8-13-25)24-10-3-1-4-11-24)34-27-22-30(19-16-23(27)17-20-30)18-9-21-33-26-14-5-2-6-15-26;31-28(29(32,25-12-7-8-13-25)24-10-3-1-4-11-24)33-27-22-30(19-16-23(27)17-20-30)18-9-21-34-26-14-5-2-6-15-26;30-27(28(31,25-13-7-8-14-25)24-11-5-2-6-12-24)32-26-21-29(19-16-23(26)17-20-29)18-15-22-9-3-1-4-10-22;3*3-2(4,5)1(6)7/h2*1-6,10-11,14-15,23,25,27,32H,7-9,12-13,16-22H2;1-6,9-12,23,25-26,31H,7-8,13-21H2;3*(H,6,7)/q3*+1;;;/p-3/t2*23?,27-,29+,30?;23?,26-,28+,29?;;;/m000.../s1. The number of aliphatic hydroxyl groups is 3. The van der Waals surface area contributed by atoms with Crippen LogP contribution in [0.1, 0.15) is 151 Å². The number of rotatable bonds is 25. The summed E-state index contributed by atoms with van der Waals surface area (Å²) in [7, 11) is 0. The largest absolute Gasteiger partial charge is 0.542 e. The number of hydrogen-bond donors (Lipinski definition) is 3. The maximum Gasteiger partial charge on any atom is 0.430 e. The first-order valence-electron chi connectivity index (χ1n) is 42.4. The topological polar surface area (TPSA) is 269 Å². The summed E-state index contributed by atoms with van der Waals surface area (Å²) in [6.07, 6.45) is 5.66. The lowest BCUT2D eigenvalue weighted by Crippen LogP contribution is -2.65. The monoisotopic (exact) mass is 1720 g/mol. The summed E-state index contributed by atoms with van der Waals surface area (Å²) in [5.74, 6) is -7.16. The second kappa shape index (κ2) is 42.7. The number of fused-ring (bicyclic) bond motifs is 9. The number of carbonyl (C=O) groups excluding carboxylic acids is 6. The second-order valence-electron chi connectivity index (χ2n) is 33.9. The maximum atomic E-state index is 13.6. The van der Waals surface area contributed by atoms with Crippen molar-refractivity contribution in [3.05, 3.63) is 204 Å². The molecule has 0 radical (unpaired) electrons. The van der Waals surface area contributed by atoms with Gasteiger partial charge in [-0.15, -0.1) is 11.8 Å². The number of piperidine rings is 9. The fourth-order valence-corrected chi connectivity index (χ4v) is 20.4. The number of halogens is 9. The molecular weight excluding hydrogens is 1610 g/mol. The summed E-state index contributed by atoms with van der Waals surface area (Å²) in [6.45, 7) is 13.7. The van der Waals surface area contributed by atoms with Gasteiger partial charge in [0, 0.05) is 104 Å². The van der Waals surface area contributed by atoms with Gasteiger partial charge in [-0.3, -0.25) is 0 Å². The Hall–Kier alpha value is -8.58. The minimum Gasteiger partial charge on any atom is -0.542 e. The van der Waals surface area contributed by atoms with Crippen molar-refractivity contribution in [2.24, 2.45) is 35.5 Å². The average Bonchev–Trinajstić information content (AvgIpc) is 1.55. The molecular formula is C92H112F9N3O16S. The lowest BCUT2D eigenvalue weighted by Gasteiger charge is -2.52. The molecule has 3 aliphatic carbocycles. The molecule has 9 heterocycles. The number of benzene rings is 6. The summed E-state index contributed by atoms with van der Waals surface area (Å²) in [6, 6.07) is 59.7. The molecule has 0 unspecified atom stereocenters. The molecule has 9 saturated heterocycles. The second-order valence-corrected chi connectivity index (χ2v) is 35.1. The first kappa shape index (κ1) is 94.7. The van der Waals surface area contributed by atoms with E-state index in [1.807, 2.05) is 133 Å². The molecule has 3 N–H and O–H groups in total. The number of alkyl halides is 9. The fourth-order valence-electron chi connectivity index (χ4n) is 19.6. The molecule has 0 aromatic heterocycles. The first-order valence-corrected chi connectivity index (χ1v) is 43.4. The number of esters is 3. The van der Waals surface area contributed by atoms with Crippen molar-refractivity contribution >= 4 is 47.6 Å². The number of thioether (sulfide) groups is 1. The van der Waals surface area contributed by atoms with Gasteiger partial charge >= 0.3 is 36.4 Å². The number of carboxylic acid groups (broad SMARTS) is 3.